The van der Waals surface area contributed by atoms with Gasteiger partial charge in [-0.15, -0.1) is 0 Å². The van der Waals surface area contributed by atoms with Crippen LogP contribution in [-0.2, 0) is 4.79 Å². The molecular weight excluding hydrogens is 258 g/mol. The molecule has 0 aliphatic heterocycles. The van der Waals surface area contributed by atoms with E-state index in [2.05, 4.69) is 5.32 Å². The van der Waals surface area contributed by atoms with Gasteiger partial charge in [-0.2, -0.15) is 11.8 Å². The van der Waals surface area contributed by atoms with Gasteiger partial charge in [-0.3, -0.25) is 4.79 Å². The van der Waals surface area contributed by atoms with Gasteiger partial charge >= 0.3 is 0 Å². The Kier molecular flexibility index (Phi) is 6.38. The van der Waals surface area contributed by atoms with Crippen LogP contribution in [0, 0.1) is 6.92 Å². The van der Waals surface area contributed by atoms with Gasteiger partial charge in [0.15, 0.2) is 0 Å². The van der Waals surface area contributed by atoms with Crippen LogP contribution in [0.1, 0.15) is 30.9 Å². The first-order valence-corrected chi connectivity index (χ1v) is 7.79. The Morgan fingerprint density at radius 1 is 1.42 bits per heavy atom. The van der Waals surface area contributed by atoms with E-state index in [9.17, 15) is 9.90 Å². The van der Waals surface area contributed by atoms with Gasteiger partial charge in [0.2, 0.25) is 5.91 Å². The number of rotatable bonds is 6. The molecular formula is C15H23NO2S. The van der Waals surface area contributed by atoms with Gasteiger partial charge in [0.1, 0.15) is 0 Å². The van der Waals surface area contributed by atoms with E-state index in [0.29, 0.717) is 0 Å². The average molecular weight is 281 g/mol. The Hall–Kier alpha value is -1.00. The molecule has 1 aromatic carbocycles. The van der Waals surface area contributed by atoms with Gasteiger partial charge in [0.05, 0.1) is 12.5 Å². The van der Waals surface area contributed by atoms with Crippen molar-refractivity contribution in [2.45, 2.75) is 38.0 Å². The van der Waals surface area contributed by atoms with Crippen LogP contribution in [0.4, 0.5) is 0 Å². The van der Waals surface area contributed by atoms with E-state index in [1.807, 2.05) is 51.3 Å². The second kappa shape index (κ2) is 7.56. The number of aliphatic hydroxyl groups is 1. The molecule has 0 spiro atoms. The summed E-state index contributed by atoms with van der Waals surface area (Å²) in [5, 5.41) is 12.2. The molecule has 3 atom stereocenters. The highest BCUT2D eigenvalue weighted by molar-refractivity contribution is 7.99. The zero-order valence-corrected chi connectivity index (χ0v) is 12.8. The van der Waals surface area contributed by atoms with Crippen molar-refractivity contribution >= 4 is 17.7 Å². The summed E-state index contributed by atoms with van der Waals surface area (Å²) >= 11 is 1.57. The summed E-state index contributed by atoms with van der Waals surface area (Å²) in [6.45, 7) is 5.93. The molecule has 3 unspecified atom stereocenters. The van der Waals surface area contributed by atoms with E-state index in [1.165, 1.54) is 0 Å². The van der Waals surface area contributed by atoms with E-state index >= 15 is 0 Å². The quantitative estimate of drug-likeness (QED) is 0.841. The number of aryl methyl sites for hydroxylation is 1. The lowest BCUT2D eigenvalue weighted by Gasteiger charge is -2.23. The SMILES string of the molecule is CSC(CO)C(C)NC(=O)C(C)c1cccc(C)c1. The molecule has 3 nitrogen and oxygen atoms in total. The third-order valence-corrected chi connectivity index (χ3v) is 4.51. The molecule has 1 rings (SSSR count). The van der Waals surface area contributed by atoms with Gasteiger partial charge in [-0.05, 0) is 32.6 Å². The largest absolute Gasteiger partial charge is 0.395 e. The fourth-order valence-electron chi connectivity index (χ4n) is 1.97. The first kappa shape index (κ1) is 16.1. The maximum atomic E-state index is 12.2. The first-order valence-electron chi connectivity index (χ1n) is 6.50. The molecule has 0 heterocycles. The van der Waals surface area contributed by atoms with E-state index < -0.39 is 0 Å². The normalized spacial score (nSPS) is 15.6. The molecule has 19 heavy (non-hydrogen) atoms. The number of carbonyl (C=O) groups is 1. The van der Waals surface area contributed by atoms with E-state index in [1.54, 1.807) is 11.8 Å². The van der Waals surface area contributed by atoms with Crippen molar-refractivity contribution in [1.82, 2.24) is 5.32 Å². The lowest BCUT2D eigenvalue weighted by molar-refractivity contribution is -0.122. The number of aliphatic hydroxyl groups excluding tert-OH is 1. The van der Waals surface area contributed by atoms with Crippen LogP contribution in [0.15, 0.2) is 24.3 Å². The molecule has 0 radical (unpaired) electrons. The number of hydrogen-bond acceptors (Lipinski definition) is 3. The highest BCUT2D eigenvalue weighted by Gasteiger charge is 2.21. The van der Waals surface area contributed by atoms with E-state index in [0.717, 1.165) is 11.1 Å². The van der Waals surface area contributed by atoms with Gasteiger partial charge < -0.3 is 10.4 Å². The van der Waals surface area contributed by atoms with Crippen LogP contribution < -0.4 is 5.32 Å². The second-order valence-corrected chi connectivity index (χ2v) is 5.97. The summed E-state index contributed by atoms with van der Waals surface area (Å²) in [7, 11) is 0. The van der Waals surface area contributed by atoms with Crippen molar-refractivity contribution in [2.24, 2.45) is 0 Å². The molecule has 106 valence electrons. The Morgan fingerprint density at radius 2 is 2.11 bits per heavy atom. The van der Waals surface area contributed by atoms with Crippen molar-refractivity contribution < 1.29 is 9.90 Å². The minimum Gasteiger partial charge on any atom is -0.395 e. The topological polar surface area (TPSA) is 49.3 Å². The molecule has 0 aliphatic carbocycles. The molecule has 0 saturated carbocycles. The Labute approximate surface area is 119 Å². The average Bonchev–Trinajstić information content (AvgIpc) is 2.39. The van der Waals surface area contributed by atoms with E-state index in [-0.39, 0.29) is 29.7 Å². The molecule has 0 fully saturated rings. The maximum Gasteiger partial charge on any atom is 0.227 e. The van der Waals surface area contributed by atoms with Crippen molar-refractivity contribution in [3.63, 3.8) is 0 Å². The molecule has 2 N–H and O–H groups in total. The number of amides is 1. The monoisotopic (exact) mass is 281 g/mol. The molecule has 0 aromatic heterocycles. The summed E-state index contributed by atoms with van der Waals surface area (Å²) in [4.78, 5) is 12.2. The lowest BCUT2D eigenvalue weighted by atomic mass is 9.98. The third-order valence-electron chi connectivity index (χ3n) is 3.35. The molecule has 1 aromatic rings. The number of hydrogen-bond donors (Lipinski definition) is 2. The van der Waals surface area contributed by atoms with Crippen LogP contribution in [0.25, 0.3) is 0 Å². The van der Waals surface area contributed by atoms with Gasteiger partial charge in [0.25, 0.3) is 0 Å². The summed E-state index contributed by atoms with van der Waals surface area (Å²) < 4.78 is 0. The maximum absolute atomic E-state index is 12.2. The summed E-state index contributed by atoms with van der Waals surface area (Å²) in [6.07, 6.45) is 1.94. The second-order valence-electron chi connectivity index (χ2n) is 4.89. The van der Waals surface area contributed by atoms with Crippen LogP contribution >= 0.6 is 11.8 Å². The van der Waals surface area contributed by atoms with Gasteiger partial charge in [-0.1, -0.05) is 29.8 Å². The van der Waals surface area contributed by atoms with Gasteiger partial charge in [0, 0.05) is 11.3 Å². The molecule has 4 heteroatoms. The Bertz CT molecular complexity index is 418. The van der Waals surface area contributed by atoms with Crippen molar-refractivity contribution in [2.75, 3.05) is 12.9 Å². The van der Waals surface area contributed by atoms with E-state index in [4.69, 9.17) is 0 Å². The Morgan fingerprint density at radius 3 is 2.63 bits per heavy atom. The minimum absolute atomic E-state index is 0.00519. The fraction of sp³-hybridized carbons (Fsp3) is 0.533. The number of benzene rings is 1. The third kappa shape index (κ3) is 4.55. The number of thioether (sulfide) groups is 1. The lowest BCUT2D eigenvalue weighted by Crippen LogP contribution is -2.42. The summed E-state index contributed by atoms with van der Waals surface area (Å²) in [5.41, 5.74) is 2.18. The Balaban J connectivity index is 2.67. The van der Waals surface area contributed by atoms with Crippen molar-refractivity contribution in [1.29, 1.82) is 0 Å². The minimum atomic E-state index is -0.177. The predicted octanol–water partition coefficient (Wildman–Crippen LogP) is 2.33. The predicted molar refractivity (Wildman–Crippen MR) is 81.6 cm³/mol. The summed E-state index contributed by atoms with van der Waals surface area (Å²) in [5.74, 6) is -0.172. The molecule has 0 aliphatic rings. The zero-order chi connectivity index (χ0) is 14.4. The smallest absolute Gasteiger partial charge is 0.227 e. The van der Waals surface area contributed by atoms with Crippen LogP contribution in [0.3, 0.4) is 0 Å². The van der Waals surface area contributed by atoms with Crippen molar-refractivity contribution in [3.8, 4) is 0 Å². The highest BCUT2D eigenvalue weighted by atomic mass is 32.2. The van der Waals surface area contributed by atoms with Crippen LogP contribution in [0.2, 0.25) is 0 Å². The zero-order valence-electron chi connectivity index (χ0n) is 12.0. The summed E-state index contributed by atoms with van der Waals surface area (Å²) in [6, 6.07) is 7.95. The molecule has 0 saturated heterocycles. The fourth-order valence-corrected chi connectivity index (χ4v) is 2.60. The molecule has 1 amide bonds. The number of nitrogens with one attached hydrogen (secondary N) is 1. The standard InChI is InChI=1S/C15H23NO2S/c1-10-6-5-7-13(8-10)11(2)15(18)16-12(3)14(9-17)19-4/h5-8,11-12,14,17H,9H2,1-4H3,(H,16,18). The number of carbonyl (C=O) groups excluding carboxylic acids is 1. The van der Waals surface area contributed by atoms with Crippen LogP contribution in [-0.4, -0.2) is 35.2 Å². The highest BCUT2D eigenvalue weighted by Crippen LogP contribution is 2.18. The van der Waals surface area contributed by atoms with Gasteiger partial charge in [-0.25, -0.2) is 0 Å². The first-order chi connectivity index (χ1) is 8.99. The van der Waals surface area contributed by atoms with Crippen molar-refractivity contribution in [3.05, 3.63) is 35.4 Å². The van der Waals surface area contributed by atoms with Crippen LogP contribution in [0.5, 0.6) is 0 Å². The molecule has 0 bridgehead atoms.